The van der Waals surface area contributed by atoms with Crippen LogP contribution in [0, 0.1) is 0 Å². The van der Waals surface area contributed by atoms with E-state index in [4.69, 9.17) is 5.73 Å². The van der Waals surface area contributed by atoms with E-state index >= 15 is 0 Å². The number of nitrogens with two attached hydrogens (primary N) is 1. The SMILES string of the molecule is CCc1nn(C)cc1CNc1cc2[nH]ncc2cc1N. The molecule has 4 N–H and O–H groups in total. The normalized spacial score (nSPS) is 11.1. The van der Waals surface area contributed by atoms with Gasteiger partial charge < -0.3 is 11.1 Å². The zero-order valence-corrected chi connectivity index (χ0v) is 11.6. The number of hydrogen-bond acceptors (Lipinski definition) is 4. The number of nitrogen functional groups attached to an aromatic ring is 1. The molecule has 0 fully saturated rings. The fraction of sp³-hybridized carbons (Fsp3) is 0.286. The van der Waals surface area contributed by atoms with Crippen LogP contribution >= 0.6 is 0 Å². The van der Waals surface area contributed by atoms with E-state index in [1.54, 1.807) is 6.20 Å². The van der Waals surface area contributed by atoms with Crippen molar-refractivity contribution >= 4 is 22.3 Å². The quantitative estimate of drug-likeness (QED) is 0.633. The largest absolute Gasteiger partial charge is 0.397 e. The van der Waals surface area contributed by atoms with Gasteiger partial charge in [-0.3, -0.25) is 9.78 Å². The lowest BCUT2D eigenvalue weighted by molar-refractivity contribution is 0.746. The molecule has 0 bridgehead atoms. The number of aromatic nitrogens is 4. The molecule has 2 heterocycles. The Kier molecular flexibility index (Phi) is 3.06. The maximum atomic E-state index is 6.06. The second kappa shape index (κ2) is 4.88. The Morgan fingerprint density at radius 2 is 2.25 bits per heavy atom. The van der Waals surface area contributed by atoms with Gasteiger partial charge in [0, 0.05) is 30.7 Å². The molecule has 0 atom stereocenters. The predicted molar refractivity (Wildman–Crippen MR) is 80.4 cm³/mol. The number of aromatic amines is 1. The number of nitrogens with one attached hydrogen (secondary N) is 2. The summed E-state index contributed by atoms with van der Waals surface area (Å²) in [4.78, 5) is 0. The summed E-state index contributed by atoms with van der Waals surface area (Å²) >= 11 is 0. The minimum atomic E-state index is 0.709. The molecule has 0 spiro atoms. The summed E-state index contributed by atoms with van der Waals surface area (Å²) in [7, 11) is 1.94. The maximum Gasteiger partial charge on any atom is 0.0672 e. The lowest BCUT2D eigenvalue weighted by atomic mass is 10.2. The first-order chi connectivity index (χ1) is 9.67. The van der Waals surface area contributed by atoms with Crippen LogP contribution in [0.1, 0.15) is 18.2 Å². The Balaban J connectivity index is 1.83. The molecule has 1 aromatic carbocycles. The monoisotopic (exact) mass is 270 g/mol. The van der Waals surface area contributed by atoms with Gasteiger partial charge in [0.05, 0.1) is 28.8 Å². The van der Waals surface area contributed by atoms with Crippen molar-refractivity contribution in [1.29, 1.82) is 0 Å². The molecule has 0 aliphatic heterocycles. The summed E-state index contributed by atoms with van der Waals surface area (Å²) in [6, 6.07) is 3.91. The van der Waals surface area contributed by atoms with E-state index in [1.807, 2.05) is 30.1 Å². The average molecular weight is 270 g/mol. The van der Waals surface area contributed by atoms with Gasteiger partial charge in [0.1, 0.15) is 0 Å². The molecule has 0 aliphatic rings. The Hall–Kier alpha value is -2.50. The van der Waals surface area contributed by atoms with Crippen LogP contribution in [0.3, 0.4) is 0 Å². The van der Waals surface area contributed by atoms with Crippen LogP contribution in [-0.4, -0.2) is 20.0 Å². The number of fused-ring (bicyclic) bond motifs is 1. The van der Waals surface area contributed by atoms with Crippen molar-refractivity contribution in [3.63, 3.8) is 0 Å². The predicted octanol–water partition coefficient (Wildman–Crippen LogP) is 2.05. The van der Waals surface area contributed by atoms with Crippen molar-refractivity contribution in [2.45, 2.75) is 19.9 Å². The number of aryl methyl sites for hydroxylation is 2. The van der Waals surface area contributed by atoms with E-state index in [0.717, 1.165) is 34.4 Å². The minimum absolute atomic E-state index is 0.709. The molecule has 6 heteroatoms. The molecule has 2 aromatic heterocycles. The lowest BCUT2D eigenvalue weighted by Crippen LogP contribution is -2.03. The van der Waals surface area contributed by atoms with Gasteiger partial charge in [0.15, 0.2) is 0 Å². The average Bonchev–Trinajstić information content (AvgIpc) is 3.01. The molecule has 3 aromatic rings. The summed E-state index contributed by atoms with van der Waals surface area (Å²) in [5.74, 6) is 0. The molecular formula is C14H18N6. The second-order valence-corrected chi connectivity index (χ2v) is 4.88. The standard InChI is InChI=1S/C14H18N6/c1-3-12-10(8-20(2)19-12)6-16-14-5-13-9(4-11(14)15)7-17-18-13/h4-5,7-8,16H,3,6,15H2,1-2H3,(H,17,18). The summed E-state index contributed by atoms with van der Waals surface area (Å²) in [6.07, 6.45) is 4.73. The molecule has 0 amide bonds. The van der Waals surface area contributed by atoms with Crippen LogP contribution in [0.2, 0.25) is 0 Å². The molecule has 3 rings (SSSR count). The van der Waals surface area contributed by atoms with Crippen molar-refractivity contribution in [3.8, 4) is 0 Å². The molecular weight excluding hydrogens is 252 g/mol. The molecule has 0 unspecified atom stereocenters. The molecule has 20 heavy (non-hydrogen) atoms. The number of rotatable bonds is 4. The Labute approximate surface area is 117 Å². The van der Waals surface area contributed by atoms with Crippen LogP contribution in [0.4, 0.5) is 11.4 Å². The third kappa shape index (κ3) is 2.20. The smallest absolute Gasteiger partial charge is 0.0672 e. The van der Waals surface area contributed by atoms with Gasteiger partial charge in [0.2, 0.25) is 0 Å². The summed E-state index contributed by atoms with van der Waals surface area (Å²) in [6.45, 7) is 2.82. The van der Waals surface area contributed by atoms with Crippen LogP contribution in [0.25, 0.3) is 10.9 Å². The second-order valence-electron chi connectivity index (χ2n) is 4.88. The molecule has 0 saturated carbocycles. The molecule has 0 saturated heterocycles. The van der Waals surface area contributed by atoms with Gasteiger partial charge in [-0.25, -0.2) is 0 Å². The van der Waals surface area contributed by atoms with E-state index in [1.165, 1.54) is 5.56 Å². The third-order valence-electron chi connectivity index (χ3n) is 3.41. The zero-order valence-electron chi connectivity index (χ0n) is 11.6. The van der Waals surface area contributed by atoms with E-state index in [0.29, 0.717) is 6.54 Å². The Morgan fingerprint density at radius 3 is 3.05 bits per heavy atom. The number of benzene rings is 1. The van der Waals surface area contributed by atoms with E-state index in [-0.39, 0.29) is 0 Å². The zero-order chi connectivity index (χ0) is 14.1. The topological polar surface area (TPSA) is 84.5 Å². The fourth-order valence-electron chi connectivity index (χ4n) is 2.38. The number of hydrogen-bond donors (Lipinski definition) is 3. The van der Waals surface area contributed by atoms with Gasteiger partial charge in [-0.05, 0) is 18.6 Å². The highest BCUT2D eigenvalue weighted by atomic mass is 15.3. The van der Waals surface area contributed by atoms with Gasteiger partial charge in [0.25, 0.3) is 0 Å². The first-order valence-corrected chi connectivity index (χ1v) is 6.65. The molecule has 6 nitrogen and oxygen atoms in total. The number of anilines is 2. The van der Waals surface area contributed by atoms with Crippen molar-refractivity contribution in [2.75, 3.05) is 11.1 Å². The third-order valence-corrected chi connectivity index (χ3v) is 3.41. The van der Waals surface area contributed by atoms with Gasteiger partial charge >= 0.3 is 0 Å². The molecule has 0 radical (unpaired) electrons. The first-order valence-electron chi connectivity index (χ1n) is 6.65. The van der Waals surface area contributed by atoms with Crippen LogP contribution in [0.15, 0.2) is 24.5 Å². The summed E-state index contributed by atoms with van der Waals surface area (Å²) in [5, 5.41) is 15.8. The lowest BCUT2D eigenvalue weighted by Gasteiger charge is -2.09. The van der Waals surface area contributed by atoms with Crippen molar-refractivity contribution in [1.82, 2.24) is 20.0 Å². The highest BCUT2D eigenvalue weighted by Crippen LogP contribution is 2.25. The van der Waals surface area contributed by atoms with Crippen molar-refractivity contribution in [2.24, 2.45) is 7.05 Å². The van der Waals surface area contributed by atoms with Crippen molar-refractivity contribution in [3.05, 3.63) is 35.8 Å². The molecule has 0 aliphatic carbocycles. The number of nitrogens with zero attached hydrogens (tertiary/aromatic N) is 3. The van der Waals surface area contributed by atoms with E-state index in [9.17, 15) is 0 Å². The highest BCUT2D eigenvalue weighted by Gasteiger charge is 2.08. The Morgan fingerprint density at radius 1 is 1.40 bits per heavy atom. The van der Waals surface area contributed by atoms with Crippen molar-refractivity contribution < 1.29 is 0 Å². The van der Waals surface area contributed by atoms with Gasteiger partial charge in [-0.15, -0.1) is 0 Å². The minimum Gasteiger partial charge on any atom is -0.397 e. The summed E-state index contributed by atoms with van der Waals surface area (Å²) < 4.78 is 1.84. The highest BCUT2D eigenvalue weighted by molar-refractivity contribution is 5.88. The first kappa shape index (κ1) is 12.5. The van der Waals surface area contributed by atoms with E-state index in [2.05, 4.69) is 27.5 Å². The fourth-order valence-corrected chi connectivity index (χ4v) is 2.38. The van der Waals surface area contributed by atoms with Gasteiger partial charge in [-0.1, -0.05) is 6.92 Å². The summed E-state index contributed by atoms with van der Waals surface area (Å²) in [5.41, 5.74) is 11.0. The Bertz CT molecular complexity index is 739. The van der Waals surface area contributed by atoms with Crippen LogP contribution in [0.5, 0.6) is 0 Å². The van der Waals surface area contributed by atoms with Gasteiger partial charge in [-0.2, -0.15) is 10.2 Å². The molecule has 104 valence electrons. The van der Waals surface area contributed by atoms with Crippen LogP contribution < -0.4 is 11.1 Å². The van der Waals surface area contributed by atoms with Crippen LogP contribution in [-0.2, 0) is 20.0 Å². The van der Waals surface area contributed by atoms with E-state index < -0.39 is 0 Å². The maximum absolute atomic E-state index is 6.06. The number of H-pyrrole nitrogens is 1.